The topological polar surface area (TPSA) is 47.3 Å². The molecule has 28 heavy (non-hydrogen) atoms. The van der Waals surface area contributed by atoms with Crippen LogP contribution in [-0.4, -0.2) is 21.2 Å². The first-order chi connectivity index (χ1) is 13.5. The third-order valence-electron chi connectivity index (χ3n) is 4.92. The number of para-hydroxylation sites is 2. The molecule has 0 amide bonds. The number of aliphatic hydroxyl groups is 1. The van der Waals surface area contributed by atoms with Gasteiger partial charge in [-0.3, -0.25) is 0 Å². The molecule has 1 N–H and O–H groups in total. The van der Waals surface area contributed by atoms with E-state index in [9.17, 15) is 9.50 Å². The fourth-order valence-corrected chi connectivity index (χ4v) is 3.17. The fraction of sp³-hybridized carbons (Fsp3) is 0.174. The number of halogens is 1. The molecule has 3 aromatic carbocycles. The number of aromatic nitrogens is 2. The normalized spacial score (nSPS) is 14.6. The quantitative estimate of drug-likeness (QED) is 0.538. The van der Waals surface area contributed by atoms with Crippen LogP contribution >= 0.6 is 0 Å². The average molecular weight is 376 g/mol. The van der Waals surface area contributed by atoms with Gasteiger partial charge >= 0.3 is 0 Å². The Balaban J connectivity index is 1.65. The van der Waals surface area contributed by atoms with E-state index in [0.29, 0.717) is 11.3 Å². The summed E-state index contributed by atoms with van der Waals surface area (Å²) < 4.78 is 22.1. The van der Waals surface area contributed by atoms with Crippen LogP contribution in [0.15, 0.2) is 79.0 Å². The van der Waals surface area contributed by atoms with Gasteiger partial charge in [0.15, 0.2) is 5.60 Å². The summed E-state index contributed by atoms with van der Waals surface area (Å²) in [7, 11) is 0. The Hall–Kier alpha value is -3.18. The van der Waals surface area contributed by atoms with Crippen LogP contribution in [0.2, 0.25) is 0 Å². The van der Waals surface area contributed by atoms with Crippen molar-refractivity contribution in [1.29, 1.82) is 0 Å². The first-order valence-corrected chi connectivity index (χ1v) is 9.09. The molecule has 0 fully saturated rings. The second kappa shape index (κ2) is 7.09. The van der Waals surface area contributed by atoms with Crippen molar-refractivity contribution in [3.05, 3.63) is 90.1 Å². The van der Waals surface area contributed by atoms with Gasteiger partial charge in [0.1, 0.15) is 5.75 Å². The Kier molecular flexibility index (Phi) is 4.61. The summed E-state index contributed by atoms with van der Waals surface area (Å²) in [6, 6.07) is 22.2. The van der Waals surface area contributed by atoms with Gasteiger partial charge in [-0.25, -0.2) is 4.68 Å². The first kappa shape index (κ1) is 18.2. The predicted octanol–water partition coefficient (Wildman–Crippen LogP) is 4.92. The van der Waals surface area contributed by atoms with Crippen LogP contribution in [-0.2, 0) is 5.60 Å². The van der Waals surface area contributed by atoms with Crippen molar-refractivity contribution in [2.24, 2.45) is 0 Å². The van der Waals surface area contributed by atoms with E-state index in [2.05, 4.69) is 5.10 Å². The molecule has 0 radical (unpaired) electrons. The molecule has 1 aromatic heterocycles. The van der Waals surface area contributed by atoms with E-state index in [1.54, 1.807) is 30.5 Å². The Morgan fingerprint density at radius 2 is 1.75 bits per heavy atom. The second-order valence-electron chi connectivity index (χ2n) is 7.01. The predicted molar refractivity (Wildman–Crippen MR) is 107 cm³/mol. The maximum atomic E-state index is 14.9. The molecular formula is C23H21FN2O2. The summed E-state index contributed by atoms with van der Waals surface area (Å²) in [5.74, 6) is 0.410. The zero-order chi connectivity index (χ0) is 19.7. The Morgan fingerprint density at radius 3 is 2.50 bits per heavy atom. The molecule has 4 rings (SSSR count). The zero-order valence-electron chi connectivity index (χ0n) is 15.7. The van der Waals surface area contributed by atoms with Gasteiger partial charge in [-0.2, -0.15) is 9.49 Å². The number of rotatable bonds is 5. The number of ether oxygens (including phenoxy) is 1. The lowest BCUT2D eigenvalue weighted by atomic mass is 9.95. The Morgan fingerprint density at radius 1 is 1.04 bits per heavy atom. The Bertz CT molecular complexity index is 1110. The van der Waals surface area contributed by atoms with Crippen LogP contribution in [0.5, 0.6) is 5.75 Å². The largest absolute Gasteiger partial charge is 0.457 e. The van der Waals surface area contributed by atoms with Crippen molar-refractivity contribution in [3.8, 4) is 11.4 Å². The third kappa shape index (κ3) is 3.25. The minimum Gasteiger partial charge on any atom is -0.457 e. The van der Waals surface area contributed by atoms with Crippen LogP contribution in [0.1, 0.15) is 18.1 Å². The molecule has 0 aliphatic heterocycles. The standard InChI is InChI=1S/C23H21FN2O2/c1-16-8-6-7-11-21(16)28-22(24)23(2,27)18-12-13-20-17(14-18)15-25-26(20)19-9-4-3-5-10-19/h3-15,22,27H,1-2H3. The molecule has 0 aliphatic rings. The maximum Gasteiger partial charge on any atom is 0.270 e. The molecule has 4 nitrogen and oxygen atoms in total. The van der Waals surface area contributed by atoms with E-state index >= 15 is 0 Å². The van der Waals surface area contributed by atoms with Gasteiger partial charge in [0.2, 0.25) is 0 Å². The fourth-order valence-electron chi connectivity index (χ4n) is 3.17. The van der Waals surface area contributed by atoms with Gasteiger partial charge in [-0.1, -0.05) is 42.5 Å². The SMILES string of the molecule is Cc1ccccc1OC(F)C(C)(O)c1ccc2c(cnn2-c2ccccc2)c1. The lowest BCUT2D eigenvalue weighted by Gasteiger charge is -2.28. The molecule has 2 atom stereocenters. The van der Waals surface area contributed by atoms with Crippen molar-refractivity contribution in [1.82, 2.24) is 9.78 Å². The number of alkyl halides is 1. The highest BCUT2D eigenvalue weighted by Crippen LogP contribution is 2.32. The molecule has 0 saturated heterocycles. The highest BCUT2D eigenvalue weighted by Gasteiger charge is 2.36. The van der Waals surface area contributed by atoms with Gasteiger partial charge in [-0.15, -0.1) is 0 Å². The molecule has 4 aromatic rings. The van der Waals surface area contributed by atoms with Crippen LogP contribution in [0, 0.1) is 6.92 Å². The molecule has 0 saturated carbocycles. The average Bonchev–Trinajstić information content (AvgIpc) is 3.13. The first-order valence-electron chi connectivity index (χ1n) is 9.09. The van der Waals surface area contributed by atoms with Gasteiger partial charge in [0.05, 0.1) is 17.4 Å². The zero-order valence-corrected chi connectivity index (χ0v) is 15.7. The number of nitrogens with zero attached hydrogens (tertiary/aromatic N) is 2. The molecule has 1 heterocycles. The van der Waals surface area contributed by atoms with Crippen molar-refractivity contribution in [2.45, 2.75) is 25.8 Å². The molecule has 2 unspecified atom stereocenters. The lowest BCUT2D eigenvalue weighted by Crippen LogP contribution is -2.37. The minimum atomic E-state index is -1.92. The highest BCUT2D eigenvalue weighted by molar-refractivity contribution is 5.81. The summed E-state index contributed by atoms with van der Waals surface area (Å²) in [5, 5.41) is 16.1. The monoisotopic (exact) mass is 376 g/mol. The van der Waals surface area contributed by atoms with E-state index in [1.807, 2.05) is 60.1 Å². The van der Waals surface area contributed by atoms with Gasteiger partial charge in [0.25, 0.3) is 6.36 Å². The number of aryl methyl sites for hydroxylation is 1. The van der Waals surface area contributed by atoms with Crippen LogP contribution in [0.4, 0.5) is 4.39 Å². The van der Waals surface area contributed by atoms with Gasteiger partial charge in [0, 0.05) is 5.39 Å². The number of hydrogen-bond donors (Lipinski definition) is 1. The van der Waals surface area contributed by atoms with E-state index in [0.717, 1.165) is 22.2 Å². The number of hydrogen-bond acceptors (Lipinski definition) is 3. The smallest absolute Gasteiger partial charge is 0.270 e. The number of benzene rings is 3. The van der Waals surface area contributed by atoms with Crippen molar-refractivity contribution in [2.75, 3.05) is 0 Å². The summed E-state index contributed by atoms with van der Waals surface area (Å²) >= 11 is 0. The molecular weight excluding hydrogens is 355 g/mol. The molecule has 0 spiro atoms. The number of fused-ring (bicyclic) bond motifs is 1. The summed E-state index contributed by atoms with van der Waals surface area (Å²) in [6.07, 6.45) is -0.215. The molecule has 0 bridgehead atoms. The van der Waals surface area contributed by atoms with Crippen LogP contribution < -0.4 is 4.74 Å². The van der Waals surface area contributed by atoms with Gasteiger partial charge in [-0.05, 0) is 55.3 Å². The van der Waals surface area contributed by atoms with Crippen molar-refractivity contribution in [3.63, 3.8) is 0 Å². The summed E-state index contributed by atoms with van der Waals surface area (Å²) in [5.41, 5.74) is 1.23. The van der Waals surface area contributed by atoms with E-state index in [1.165, 1.54) is 6.92 Å². The van der Waals surface area contributed by atoms with Crippen LogP contribution in [0.25, 0.3) is 16.6 Å². The summed E-state index contributed by atoms with van der Waals surface area (Å²) in [6.45, 7) is 3.25. The van der Waals surface area contributed by atoms with E-state index < -0.39 is 12.0 Å². The van der Waals surface area contributed by atoms with Crippen molar-refractivity contribution < 1.29 is 14.2 Å². The van der Waals surface area contributed by atoms with Gasteiger partial charge < -0.3 is 9.84 Å². The van der Waals surface area contributed by atoms with E-state index in [-0.39, 0.29) is 0 Å². The molecule has 5 heteroatoms. The molecule has 142 valence electrons. The minimum absolute atomic E-state index is 0.410. The molecule has 0 aliphatic carbocycles. The highest BCUT2D eigenvalue weighted by atomic mass is 19.1. The van der Waals surface area contributed by atoms with Crippen molar-refractivity contribution >= 4 is 10.9 Å². The summed E-state index contributed by atoms with van der Waals surface area (Å²) in [4.78, 5) is 0. The third-order valence-corrected chi connectivity index (χ3v) is 4.92. The second-order valence-corrected chi connectivity index (χ2v) is 7.01. The van der Waals surface area contributed by atoms with E-state index in [4.69, 9.17) is 4.74 Å². The lowest BCUT2D eigenvalue weighted by molar-refractivity contribution is -0.119. The maximum absolute atomic E-state index is 14.9. The van der Waals surface area contributed by atoms with Crippen LogP contribution in [0.3, 0.4) is 0 Å². The Labute approximate surface area is 162 Å².